The van der Waals surface area contributed by atoms with E-state index in [0.29, 0.717) is 18.7 Å². The summed E-state index contributed by atoms with van der Waals surface area (Å²) in [4.78, 5) is 64.0. The molecule has 1 spiro atoms. The van der Waals surface area contributed by atoms with E-state index in [1.54, 1.807) is 4.90 Å². The van der Waals surface area contributed by atoms with Gasteiger partial charge in [0.2, 0.25) is 5.91 Å². The first kappa shape index (κ1) is 27.5. The van der Waals surface area contributed by atoms with Crippen LogP contribution in [0.2, 0.25) is 0 Å². The minimum absolute atomic E-state index is 0.0423. The van der Waals surface area contributed by atoms with Gasteiger partial charge in [0.15, 0.2) is 5.70 Å². The van der Waals surface area contributed by atoms with Crippen LogP contribution in [0.3, 0.4) is 0 Å². The number of amidine groups is 1. The predicted octanol–water partition coefficient (Wildman–Crippen LogP) is 2.44. The van der Waals surface area contributed by atoms with E-state index in [4.69, 9.17) is 24.1 Å². The number of hydrogen-bond acceptors (Lipinski definition) is 9. The zero-order valence-electron chi connectivity index (χ0n) is 21.0. The van der Waals surface area contributed by atoms with Crippen molar-refractivity contribution in [2.45, 2.75) is 51.1 Å². The highest BCUT2D eigenvalue weighted by atomic mass is 127. The summed E-state index contributed by atoms with van der Waals surface area (Å²) >= 11 is 2.26. The zero-order chi connectivity index (χ0) is 26.9. The number of aliphatic imine (C=N–C) groups is 1. The average molecular weight is 609 g/mol. The van der Waals surface area contributed by atoms with Crippen molar-refractivity contribution in [2.75, 3.05) is 26.2 Å². The predicted molar refractivity (Wildman–Crippen MR) is 137 cm³/mol. The third-order valence-corrected chi connectivity index (χ3v) is 7.41. The highest BCUT2D eigenvalue weighted by molar-refractivity contribution is 14.1. The highest BCUT2D eigenvalue weighted by Crippen LogP contribution is 2.57. The van der Waals surface area contributed by atoms with Crippen molar-refractivity contribution in [3.63, 3.8) is 0 Å². The molecule has 3 atom stereocenters. The van der Waals surface area contributed by atoms with Crippen LogP contribution in [0.25, 0.3) is 0 Å². The van der Waals surface area contributed by atoms with Crippen LogP contribution in [0, 0.1) is 9.49 Å². The first-order valence-electron chi connectivity index (χ1n) is 11.3. The van der Waals surface area contributed by atoms with E-state index in [1.165, 1.54) is 14.2 Å². The highest BCUT2D eigenvalue weighted by Gasteiger charge is 2.65. The molecule has 1 aromatic carbocycles. The van der Waals surface area contributed by atoms with Crippen LogP contribution in [0.1, 0.15) is 39.2 Å². The van der Waals surface area contributed by atoms with Crippen LogP contribution in [0.5, 0.6) is 0 Å². The van der Waals surface area contributed by atoms with Crippen LogP contribution in [0.15, 0.2) is 34.5 Å². The number of amides is 1. The number of ether oxygens (including phenoxy) is 2. The Morgan fingerprint density at radius 1 is 1.19 bits per heavy atom. The minimum atomic E-state index is -0.766. The van der Waals surface area contributed by atoms with Gasteiger partial charge < -0.3 is 14.4 Å². The number of anilines is 1. The summed E-state index contributed by atoms with van der Waals surface area (Å²) < 4.78 is 11.1. The second-order valence-corrected chi connectivity index (χ2v) is 10.6. The quantitative estimate of drug-likeness (QED) is 0.377. The summed E-state index contributed by atoms with van der Waals surface area (Å²) in [5.74, 6) is -0.726. The van der Waals surface area contributed by atoms with E-state index in [0.717, 1.165) is 14.8 Å². The van der Waals surface area contributed by atoms with Crippen molar-refractivity contribution < 1.29 is 33.4 Å². The van der Waals surface area contributed by atoms with Crippen LogP contribution in [-0.4, -0.2) is 68.1 Å². The monoisotopic (exact) mass is 609 g/mol. The standard InChI is InChI=1S/C24H28IN3O5.CO2/c1-12(2)9-17(29)28-13(3)11-24-15-10-14(25)7-8-16(15)27(4)20(24)18(21(30)32-5)19(22(31)33-6)26-23(24)28;2-1-3/h7-8,10,12-13,20H,9,11H2,1-6H3;/t13-,20?,24+;/m1./s1. The van der Waals surface area contributed by atoms with E-state index in [-0.39, 0.29) is 35.3 Å². The van der Waals surface area contributed by atoms with Crippen LogP contribution in [-0.2, 0) is 38.9 Å². The number of halogens is 1. The van der Waals surface area contributed by atoms with E-state index >= 15 is 0 Å². The van der Waals surface area contributed by atoms with Gasteiger partial charge in [-0.1, -0.05) is 13.8 Å². The normalized spacial score (nSPS) is 23.6. The number of hydrogen-bond donors (Lipinski definition) is 0. The molecule has 10 nitrogen and oxygen atoms in total. The number of fused-ring (bicyclic) bond motifs is 1. The molecular weight excluding hydrogens is 581 g/mol. The number of likely N-dealkylation sites (N-methyl/N-ethyl adjacent to an activating group) is 1. The van der Waals surface area contributed by atoms with Gasteiger partial charge in [0.1, 0.15) is 5.84 Å². The Morgan fingerprint density at radius 2 is 1.81 bits per heavy atom. The van der Waals surface area contributed by atoms with Crippen molar-refractivity contribution in [2.24, 2.45) is 10.9 Å². The molecule has 0 N–H and O–H groups in total. The summed E-state index contributed by atoms with van der Waals surface area (Å²) in [6, 6.07) is 5.38. The number of carbonyl (C=O) groups is 3. The average Bonchev–Trinajstić information content (AvgIpc) is 3.25. The molecule has 3 aliphatic heterocycles. The van der Waals surface area contributed by atoms with Gasteiger partial charge in [-0.3, -0.25) is 9.69 Å². The fourth-order valence-corrected chi connectivity index (χ4v) is 6.09. The van der Waals surface area contributed by atoms with Gasteiger partial charge in [0.25, 0.3) is 0 Å². The fraction of sp³-hybridized carbons (Fsp3) is 0.480. The Hall–Kier alpha value is -3.05. The lowest BCUT2D eigenvalue weighted by Gasteiger charge is -2.39. The third-order valence-electron chi connectivity index (χ3n) is 6.74. The van der Waals surface area contributed by atoms with Crippen LogP contribution >= 0.6 is 22.6 Å². The third kappa shape index (κ3) is 4.24. The summed E-state index contributed by atoms with van der Waals surface area (Å²) in [6.45, 7) is 5.98. The Balaban J connectivity index is 0.00000115. The number of methoxy groups -OCH3 is 2. The topological polar surface area (TPSA) is 123 Å². The van der Waals surface area contributed by atoms with Gasteiger partial charge in [-0.15, -0.1) is 0 Å². The molecule has 1 fully saturated rings. The summed E-state index contributed by atoms with van der Waals surface area (Å²) in [6.07, 6.45) is 1.19. The summed E-state index contributed by atoms with van der Waals surface area (Å²) in [5, 5.41) is 0. The Labute approximate surface area is 222 Å². The Bertz CT molecular complexity index is 1200. The second kappa shape index (κ2) is 10.5. The number of carbonyl (C=O) groups excluding carboxylic acids is 5. The Morgan fingerprint density at radius 3 is 2.36 bits per heavy atom. The van der Waals surface area contributed by atoms with Gasteiger partial charge >= 0.3 is 18.1 Å². The van der Waals surface area contributed by atoms with Crippen LogP contribution < -0.4 is 4.90 Å². The number of likely N-dealkylation sites (tertiary alicyclic amines) is 1. The first-order valence-corrected chi connectivity index (χ1v) is 12.4. The molecule has 0 bridgehead atoms. The van der Waals surface area contributed by atoms with Gasteiger partial charge in [-0.2, -0.15) is 9.59 Å². The number of benzene rings is 1. The van der Waals surface area contributed by atoms with Crippen LogP contribution in [0.4, 0.5) is 5.69 Å². The molecular formula is C25H28IN3O7. The SMILES string of the molecule is COC(=O)C1=C(C(=O)OC)C2N(C)c3ccc(I)cc3[C@@]23C[C@@H](C)N(C(=O)CC(C)C)C3=N1.O=C=O. The second-order valence-electron chi connectivity index (χ2n) is 9.33. The maximum absolute atomic E-state index is 13.4. The van der Waals surface area contributed by atoms with Crippen molar-refractivity contribution in [3.8, 4) is 0 Å². The lowest BCUT2D eigenvalue weighted by Crippen LogP contribution is -2.55. The molecule has 1 saturated heterocycles. The molecule has 3 aliphatic rings. The molecule has 3 heterocycles. The molecule has 0 saturated carbocycles. The molecule has 1 amide bonds. The first-order chi connectivity index (χ1) is 17.0. The van der Waals surface area contributed by atoms with Gasteiger partial charge in [0, 0.05) is 28.8 Å². The molecule has 1 aromatic rings. The van der Waals surface area contributed by atoms with E-state index < -0.39 is 23.4 Å². The molecule has 1 unspecified atom stereocenters. The van der Waals surface area contributed by atoms with Crippen molar-refractivity contribution in [1.82, 2.24) is 4.90 Å². The number of rotatable bonds is 4. The molecule has 0 aromatic heterocycles. The maximum Gasteiger partial charge on any atom is 0.373 e. The smallest absolute Gasteiger partial charge is 0.373 e. The molecule has 11 heteroatoms. The summed E-state index contributed by atoms with van der Waals surface area (Å²) in [7, 11) is 4.44. The van der Waals surface area contributed by atoms with E-state index in [1.807, 2.05) is 44.9 Å². The zero-order valence-corrected chi connectivity index (χ0v) is 23.1. The molecule has 36 heavy (non-hydrogen) atoms. The minimum Gasteiger partial charge on any atom is -0.466 e. The van der Waals surface area contributed by atoms with Gasteiger partial charge in [-0.05, 0) is 65.6 Å². The van der Waals surface area contributed by atoms with Gasteiger partial charge in [-0.25, -0.2) is 14.6 Å². The summed E-state index contributed by atoms with van der Waals surface area (Å²) in [5.41, 5.74) is 1.22. The van der Waals surface area contributed by atoms with E-state index in [9.17, 15) is 14.4 Å². The largest absolute Gasteiger partial charge is 0.466 e. The van der Waals surface area contributed by atoms with E-state index in [2.05, 4.69) is 28.7 Å². The lowest BCUT2D eigenvalue weighted by molar-refractivity contribution is -0.191. The van der Waals surface area contributed by atoms with Crippen molar-refractivity contribution >= 4 is 58.1 Å². The van der Waals surface area contributed by atoms with Crippen molar-refractivity contribution in [3.05, 3.63) is 38.6 Å². The number of esters is 2. The van der Waals surface area contributed by atoms with Crippen molar-refractivity contribution in [1.29, 1.82) is 0 Å². The molecule has 192 valence electrons. The Kier molecular flexibility index (Phi) is 8.04. The molecule has 0 radical (unpaired) electrons. The van der Waals surface area contributed by atoms with Gasteiger partial charge in [0.05, 0.1) is 31.2 Å². The number of nitrogens with zero attached hydrogens (tertiary/aromatic N) is 3. The molecule has 4 rings (SSSR count). The fourth-order valence-electron chi connectivity index (χ4n) is 5.60. The lowest BCUT2D eigenvalue weighted by atomic mass is 9.69. The molecule has 0 aliphatic carbocycles. The maximum atomic E-state index is 13.4.